The van der Waals surface area contributed by atoms with Crippen molar-refractivity contribution in [2.24, 2.45) is 5.16 Å². The molecule has 0 aromatic carbocycles. The van der Waals surface area contributed by atoms with Crippen molar-refractivity contribution in [2.45, 2.75) is 11.4 Å². The Labute approximate surface area is 172 Å². The zero-order valence-electron chi connectivity index (χ0n) is 14.5. The summed E-state index contributed by atoms with van der Waals surface area (Å²) in [7, 11) is 0. The van der Waals surface area contributed by atoms with E-state index in [0.717, 1.165) is 16.2 Å². The molecule has 2 atom stereocenters. The average Bonchev–Trinajstić information content (AvgIpc) is 3.16. The maximum atomic E-state index is 12.7. The minimum atomic E-state index is -1.21. The van der Waals surface area contributed by atoms with E-state index in [4.69, 9.17) is 11.3 Å². The highest BCUT2D eigenvalue weighted by Gasteiger charge is 2.53. The van der Waals surface area contributed by atoms with E-state index in [1.807, 2.05) is 0 Å². The predicted molar refractivity (Wildman–Crippen MR) is 104 cm³/mol. The number of anilines is 1. The number of aliphatic carboxylic acids is 1. The van der Waals surface area contributed by atoms with E-state index in [0.29, 0.717) is 12.2 Å². The van der Waals surface area contributed by atoms with Crippen LogP contribution in [0.4, 0.5) is 5.13 Å². The zero-order chi connectivity index (χ0) is 21.0. The molecule has 2 aliphatic rings. The van der Waals surface area contributed by atoms with Gasteiger partial charge in [0, 0.05) is 11.1 Å². The number of aromatic nitrogens is 1. The Morgan fingerprint density at radius 3 is 3.03 bits per heavy atom. The number of oxime groups is 1. The lowest BCUT2D eigenvalue weighted by molar-refractivity contribution is -0.150. The number of rotatable bonds is 8. The molecule has 11 nitrogen and oxygen atoms in total. The zero-order valence-corrected chi connectivity index (χ0v) is 16.2. The molecule has 3 N–H and O–H groups in total. The van der Waals surface area contributed by atoms with E-state index in [1.54, 1.807) is 0 Å². The van der Waals surface area contributed by atoms with Crippen LogP contribution in [0.1, 0.15) is 5.69 Å². The lowest BCUT2D eigenvalue weighted by Gasteiger charge is -2.48. The van der Waals surface area contributed by atoms with Gasteiger partial charge in [0.25, 0.3) is 11.8 Å². The van der Waals surface area contributed by atoms with Gasteiger partial charge in [-0.25, -0.2) is 9.78 Å². The summed E-state index contributed by atoms with van der Waals surface area (Å²) >= 11 is 2.38. The van der Waals surface area contributed by atoms with Crippen molar-refractivity contribution in [1.29, 1.82) is 0 Å². The predicted octanol–water partition coefficient (Wildman–Crippen LogP) is -0.566. The van der Waals surface area contributed by atoms with Gasteiger partial charge in [0.15, 0.2) is 17.5 Å². The van der Waals surface area contributed by atoms with Crippen molar-refractivity contribution in [3.63, 3.8) is 0 Å². The number of hydrogen-bond acceptors (Lipinski definition) is 9. The number of carbonyl (C=O) groups excluding carboxylic acids is 3. The fourth-order valence-electron chi connectivity index (χ4n) is 2.59. The van der Waals surface area contributed by atoms with Crippen LogP contribution in [0.5, 0.6) is 0 Å². The van der Waals surface area contributed by atoms with Crippen LogP contribution < -0.4 is 10.6 Å². The van der Waals surface area contributed by atoms with Crippen molar-refractivity contribution < 1.29 is 29.1 Å². The van der Waals surface area contributed by atoms with Gasteiger partial charge in [-0.15, -0.1) is 29.5 Å². The second kappa shape index (κ2) is 8.76. The Balaban J connectivity index is 1.77. The number of hydrogen-bond donors (Lipinski definition) is 3. The summed E-state index contributed by atoms with van der Waals surface area (Å²) in [6.07, 6.45) is 6.98. The Kier molecular flexibility index (Phi) is 6.15. The van der Waals surface area contributed by atoms with Gasteiger partial charge in [-0.05, 0) is 6.08 Å². The normalized spacial score (nSPS) is 20.5. The molecule has 1 fully saturated rings. The number of fused-ring (bicyclic) bond motifs is 1. The molecule has 1 aromatic heterocycles. The van der Waals surface area contributed by atoms with Crippen LogP contribution >= 0.6 is 23.1 Å². The van der Waals surface area contributed by atoms with Crippen LogP contribution in [0.2, 0.25) is 0 Å². The average molecular weight is 435 g/mol. The highest BCUT2D eigenvalue weighted by Crippen LogP contribution is 2.37. The highest BCUT2D eigenvalue weighted by atomic mass is 32.2. The van der Waals surface area contributed by atoms with Crippen LogP contribution in [0.3, 0.4) is 0 Å². The number of thioether (sulfide) groups is 1. The van der Waals surface area contributed by atoms with Crippen LogP contribution in [0.15, 0.2) is 22.3 Å². The van der Waals surface area contributed by atoms with Gasteiger partial charge in [0.05, 0.1) is 0 Å². The third-order valence-electron chi connectivity index (χ3n) is 3.80. The molecule has 0 aliphatic carbocycles. The minimum absolute atomic E-state index is 0.111. The maximum absolute atomic E-state index is 12.7. The largest absolute Gasteiger partial charge is 0.477 e. The molecule has 0 spiro atoms. The third-order valence-corrected chi connectivity index (χ3v) is 5.76. The summed E-state index contributed by atoms with van der Waals surface area (Å²) in [5.74, 6) is 0.0755. The first-order chi connectivity index (χ1) is 14.0. The van der Waals surface area contributed by atoms with Gasteiger partial charge in [-0.3, -0.25) is 19.3 Å². The molecule has 1 aromatic rings. The number of terminal acetylenes is 1. The van der Waals surface area contributed by atoms with Crippen LogP contribution in [0.25, 0.3) is 0 Å². The van der Waals surface area contributed by atoms with E-state index in [1.165, 1.54) is 23.2 Å². The summed E-state index contributed by atoms with van der Waals surface area (Å²) in [4.78, 5) is 57.0. The van der Waals surface area contributed by atoms with Gasteiger partial charge in [-0.1, -0.05) is 11.1 Å². The van der Waals surface area contributed by atoms with Crippen molar-refractivity contribution in [3.05, 3.63) is 22.8 Å². The second-order valence-electron chi connectivity index (χ2n) is 5.50. The molecule has 0 bridgehead atoms. The lowest BCUT2D eigenvalue weighted by Crippen LogP contribution is -2.70. The van der Waals surface area contributed by atoms with Crippen LogP contribution in [-0.2, 0) is 24.0 Å². The molecular formula is C16H13N5O6S2. The molecule has 2 aliphatic heterocycles. The van der Waals surface area contributed by atoms with Gasteiger partial charge in [0.2, 0.25) is 6.41 Å². The first-order valence-electron chi connectivity index (χ1n) is 7.96. The van der Waals surface area contributed by atoms with Gasteiger partial charge in [0.1, 0.15) is 22.8 Å². The van der Waals surface area contributed by atoms with E-state index in [9.17, 15) is 24.3 Å². The van der Waals surface area contributed by atoms with Crippen molar-refractivity contribution in [2.75, 3.05) is 17.7 Å². The summed E-state index contributed by atoms with van der Waals surface area (Å²) < 4.78 is 0. The summed E-state index contributed by atoms with van der Waals surface area (Å²) in [5, 5.41) is 18.9. The molecule has 0 saturated carbocycles. The molecule has 3 rings (SSSR count). The highest BCUT2D eigenvalue weighted by molar-refractivity contribution is 8.00. The van der Waals surface area contributed by atoms with Gasteiger partial charge < -0.3 is 20.6 Å². The monoisotopic (exact) mass is 435 g/mol. The van der Waals surface area contributed by atoms with E-state index in [2.05, 4.69) is 26.7 Å². The SMILES string of the molecule is C#CCON=C(C(=O)NC1C(=O)N2C(C(=O)O)=CCS[C@H]12)c1csc(NC=O)n1. The fraction of sp³-hybridized carbons (Fsp3) is 0.250. The van der Waals surface area contributed by atoms with Crippen molar-refractivity contribution in [1.82, 2.24) is 15.2 Å². The molecule has 0 radical (unpaired) electrons. The molecule has 13 heteroatoms. The number of amides is 3. The minimum Gasteiger partial charge on any atom is -0.477 e. The number of carboxylic acids is 1. The van der Waals surface area contributed by atoms with Gasteiger partial charge in [-0.2, -0.15) is 0 Å². The standard InChI is InChI=1S/C16H13N5O6S2/c1-2-4-27-20-10(8-6-29-16(18-8)17-7-22)12(23)19-11-13(24)21-9(15(25)26)3-5-28-14(11)21/h1,3,6-7,11,14H,4-5H2,(H,19,23)(H,25,26)(H,17,18,22)/t11?,14-/m1/s1. The van der Waals surface area contributed by atoms with E-state index < -0.39 is 29.2 Å². The Morgan fingerprint density at radius 1 is 1.55 bits per heavy atom. The van der Waals surface area contributed by atoms with Crippen molar-refractivity contribution >= 4 is 58.1 Å². The summed E-state index contributed by atoms with van der Waals surface area (Å²) in [5.41, 5.74) is -0.240. The van der Waals surface area contributed by atoms with E-state index >= 15 is 0 Å². The van der Waals surface area contributed by atoms with E-state index in [-0.39, 0.29) is 28.8 Å². The Morgan fingerprint density at radius 2 is 2.34 bits per heavy atom. The molecule has 1 unspecified atom stereocenters. The third kappa shape index (κ3) is 4.08. The molecule has 29 heavy (non-hydrogen) atoms. The van der Waals surface area contributed by atoms with Gasteiger partial charge >= 0.3 is 5.97 Å². The van der Waals surface area contributed by atoms with Crippen LogP contribution in [0, 0.1) is 12.3 Å². The number of β-lactam (4-membered cyclic amide) rings is 1. The first-order valence-corrected chi connectivity index (χ1v) is 9.89. The summed E-state index contributed by atoms with van der Waals surface area (Å²) in [6.45, 7) is -0.193. The summed E-state index contributed by atoms with van der Waals surface area (Å²) in [6, 6.07) is -0.931. The molecule has 1 saturated heterocycles. The molecule has 150 valence electrons. The lowest BCUT2D eigenvalue weighted by atomic mass is 10.0. The number of thiazole rings is 1. The Bertz CT molecular complexity index is 965. The maximum Gasteiger partial charge on any atom is 0.352 e. The molecule has 3 heterocycles. The fourth-order valence-corrected chi connectivity index (χ4v) is 4.44. The number of nitrogens with zero attached hydrogens (tertiary/aromatic N) is 3. The second-order valence-corrected chi connectivity index (χ2v) is 7.50. The molecule has 3 amide bonds. The number of nitrogens with one attached hydrogen (secondary N) is 2. The Hall–Kier alpha value is -3.37. The number of carboxylic acid groups (broad SMARTS) is 1. The topological polar surface area (TPSA) is 150 Å². The number of carbonyl (C=O) groups is 4. The van der Waals surface area contributed by atoms with Crippen molar-refractivity contribution in [3.8, 4) is 12.3 Å². The van der Waals surface area contributed by atoms with Crippen LogP contribution in [-0.4, -0.2) is 68.7 Å². The quantitative estimate of drug-likeness (QED) is 0.123. The molecular weight excluding hydrogens is 422 g/mol. The first kappa shape index (κ1) is 20.4. The smallest absolute Gasteiger partial charge is 0.352 e.